The number of carbonyl (C=O) groups excluding carboxylic acids is 1. The summed E-state index contributed by atoms with van der Waals surface area (Å²) in [6, 6.07) is 14.5. The molecule has 1 saturated heterocycles. The number of carbonyl (C=O) groups is 1. The number of hydrogen-bond acceptors (Lipinski definition) is 3. The second kappa shape index (κ2) is 8.90. The van der Waals surface area contributed by atoms with Crippen LogP contribution in [0.1, 0.15) is 24.0 Å². The summed E-state index contributed by atoms with van der Waals surface area (Å²) in [5.74, 6) is 0. The zero-order valence-electron chi connectivity index (χ0n) is 16.8. The Morgan fingerprint density at radius 1 is 1.27 bits per heavy atom. The van der Waals surface area contributed by atoms with E-state index in [2.05, 4.69) is 10.3 Å². The van der Waals surface area contributed by atoms with Crippen LogP contribution in [0.25, 0.3) is 10.9 Å². The van der Waals surface area contributed by atoms with Gasteiger partial charge in [-0.2, -0.15) is 0 Å². The normalized spacial score (nSPS) is 16.0. The van der Waals surface area contributed by atoms with Gasteiger partial charge in [-0.15, -0.1) is 0 Å². The molecular formula is C23H24ClN3O3. The molecule has 1 aromatic heterocycles. The summed E-state index contributed by atoms with van der Waals surface area (Å²) in [5.41, 5.74) is 2.74. The minimum atomic E-state index is -0.317. The highest BCUT2D eigenvalue weighted by atomic mass is 35.5. The Morgan fingerprint density at radius 2 is 2.10 bits per heavy atom. The van der Waals surface area contributed by atoms with Crippen molar-refractivity contribution in [3.8, 4) is 0 Å². The number of urea groups is 1. The monoisotopic (exact) mass is 425 g/mol. The SMILES string of the molecule is Cc1ccc2[nH]c(=O)c(CN(C[C@@H]3CCCO3)C(=O)Nc3ccccc3Cl)cc2c1. The first-order valence-corrected chi connectivity index (χ1v) is 10.4. The van der Waals surface area contributed by atoms with Crippen LogP contribution in [-0.2, 0) is 11.3 Å². The molecule has 3 aromatic rings. The lowest BCUT2D eigenvalue weighted by molar-refractivity contribution is 0.0818. The summed E-state index contributed by atoms with van der Waals surface area (Å²) in [5, 5.41) is 4.26. The van der Waals surface area contributed by atoms with E-state index in [-0.39, 0.29) is 24.2 Å². The first-order chi connectivity index (χ1) is 14.5. The zero-order chi connectivity index (χ0) is 21.1. The van der Waals surface area contributed by atoms with E-state index in [4.69, 9.17) is 16.3 Å². The Morgan fingerprint density at radius 3 is 2.87 bits per heavy atom. The van der Waals surface area contributed by atoms with Crippen molar-refractivity contribution in [2.45, 2.75) is 32.4 Å². The summed E-state index contributed by atoms with van der Waals surface area (Å²) in [6.07, 6.45) is 1.83. The Balaban J connectivity index is 1.61. The summed E-state index contributed by atoms with van der Waals surface area (Å²) >= 11 is 6.20. The third-order valence-corrected chi connectivity index (χ3v) is 5.62. The molecule has 0 saturated carbocycles. The van der Waals surface area contributed by atoms with Crippen molar-refractivity contribution in [1.29, 1.82) is 0 Å². The summed E-state index contributed by atoms with van der Waals surface area (Å²) in [4.78, 5) is 30.3. The maximum atomic E-state index is 13.1. The highest BCUT2D eigenvalue weighted by molar-refractivity contribution is 6.33. The molecule has 0 bridgehead atoms. The Hall–Kier alpha value is -2.83. The first kappa shape index (κ1) is 20.4. The van der Waals surface area contributed by atoms with Crippen LogP contribution in [0, 0.1) is 6.92 Å². The highest BCUT2D eigenvalue weighted by Gasteiger charge is 2.24. The number of fused-ring (bicyclic) bond motifs is 1. The number of ether oxygens (including phenoxy) is 1. The van der Waals surface area contributed by atoms with Gasteiger partial charge < -0.3 is 19.9 Å². The van der Waals surface area contributed by atoms with E-state index in [1.807, 2.05) is 37.3 Å². The number of H-pyrrole nitrogens is 1. The number of nitrogens with one attached hydrogen (secondary N) is 2. The van der Waals surface area contributed by atoms with Gasteiger partial charge in [0.25, 0.3) is 5.56 Å². The predicted molar refractivity (Wildman–Crippen MR) is 119 cm³/mol. The fraction of sp³-hybridized carbons (Fsp3) is 0.304. The zero-order valence-corrected chi connectivity index (χ0v) is 17.5. The molecule has 1 aliphatic rings. The van der Waals surface area contributed by atoms with Gasteiger partial charge in [-0.05, 0) is 55.5 Å². The fourth-order valence-electron chi connectivity index (χ4n) is 3.70. The van der Waals surface area contributed by atoms with Crippen molar-refractivity contribution in [3.63, 3.8) is 0 Å². The molecule has 1 aliphatic heterocycles. The Labute approximate surface area is 179 Å². The van der Waals surface area contributed by atoms with Crippen molar-refractivity contribution in [2.75, 3.05) is 18.5 Å². The summed E-state index contributed by atoms with van der Waals surface area (Å²) in [7, 11) is 0. The van der Waals surface area contributed by atoms with Crippen LogP contribution in [0.3, 0.4) is 0 Å². The third kappa shape index (κ3) is 4.66. The Bertz CT molecular complexity index is 1120. The van der Waals surface area contributed by atoms with Gasteiger partial charge in [-0.3, -0.25) is 4.79 Å². The number of amides is 2. The molecule has 1 atom stereocenters. The number of halogens is 1. The van der Waals surface area contributed by atoms with Crippen molar-refractivity contribution < 1.29 is 9.53 Å². The molecular weight excluding hydrogens is 402 g/mol. The molecule has 0 aliphatic carbocycles. The molecule has 2 amide bonds. The van der Waals surface area contributed by atoms with Crippen LogP contribution in [0.4, 0.5) is 10.5 Å². The molecule has 6 nitrogen and oxygen atoms in total. The predicted octanol–water partition coefficient (Wildman–Crippen LogP) is 4.70. The van der Waals surface area contributed by atoms with Crippen LogP contribution in [0.5, 0.6) is 0 Å². The smallest absolute Gasteiger partial charge is 0.322 e. The quantitative estimate of drug-likeness (QED) is 0.622. The molecule has 2 heterocycles. The summed E-state index contributed by atoms with van der Waals surface area (Å²) < 4.78 is 5.73. The number of para-hydroxylation sites is 1. The second-order valence-corrected chi connectivity index (χ2v) is 8.05. The topological polar surface area (TPSA) is 74.4 Å². The number of anilines is 1. The minimum absolute atomic E-state index is 0.0382. The lowest BCUT2D eigenvalue weighted by atomic mass is 10.1. The number of nitrogens with zero attached hydrogens (tertiary/aromatic N) is 1. The minimum Gasteiger partial charge on any atom is -0.376 e. The molecule has 0 unspecified atom stereocenters. The summed E-state index contributed by atoms with van der Waals surface area (Å²) in [6.45, 7) is 3.28. The van der Waals surface area contributed by atoms with Gasteiger partial charge in [-0.1, -0.05) is 35.4 Å². The number of aromatic amines is 1. The second-order valence-electron chi connectivity index (χ2n) is 7.64. The van der Waals surface area contributed by atoms with Gasteiger partial charge in [-0.25, -0.2) is 4.79 Å². The van der Waals surface area contributed by atoms with E-state index in [9.17, 15) is 9.59 Å². The van der Waals surface area contributed by atoms with Gasteiger partial charge in [0.1, 0.15) is 0 Å². The van der Waals surface area contributed by atoms with Gasteiger partial charge >= 0.3 is 6.03 Å². The maximum Gasteiger partial charge on any atom is 0.322 e. The number of rotatable bonds is 5. The van der Waals surface area contributed by atoms with Crippen LogP contribution in [0.15, 0.2) is 53.3 Å². The van der Waals surface area contributed by atoms with E-state index in [1.54, 1.807) is 23.1 Å². The molecule has 0 spiro atoms. The van der Waals surface area contributed by atoms with Crippen LogP contribution in [-0.4, -0.2) is 35.2 Å². The van der Waals surface area contributed by atoms with Gasteiger partial charge in [0.15, 0.2) is 0 Å². The lowest BCUT2D eigenvalue weighted by Gasteiger charge is -2.26. The van der Waals surface area contributed by atoms with Crippen molar-refractivity contribution in [3.05, 3.63) is 75.0 Å². The van der Waals surface area contributed by atoms with Gasteiger partial charge in [0.2, 0.25) is 0 Å². The van der Waals surface area contributed by atoms with Crippen LogP contribution < -0.4 is 10.9 Å². The first-order valence-electron chi connectivity index (χ1n) is 10.0. The average molecular weight is 426 g/mol. The molecule has 7 heteroatoms. The molecule has 30 heavy (non-hydrogen) atoms. The molecule has 2 N–H and O–H groups in total. The van der Waals surface area contributed by atoms with E-state index in [0.29, 0.717) is 29.4 Å². The molecule has 1 fully saturated rings. The number of benzene rings is 2. The number of aromatic nitrogens is 1. The van der Waals surface area contributed by atoms with Crippen molar-refractivity contribution in [1.82, 2.24) is 9.88 Å². The average Bonchev–Trinajstić information content (AvgIpc) is 3.23. The molecule has 156 valence electrons. The standard InChI is InChI=1S/C23H24ClN3O3/c1-15-8-9-20-16(11-15)12-17(22(28)25-20)13-27(14-18-5-4-10-30-18)23(29)26-21-7-3-2-6-19(21)24/h2-3,6-9,11-12,18H,4-5,10,13-14H2,1H3,(H,25,28)(H,26,29)/t18-/m0/s1. The van der Waals surface area contributed by atoms with E-state index < -0.39 is 0 Å². The number of pyridine rings is 1. The van der Waals surface area contributed by atoms with E-state index >= 15 is 0 Å². The number of aryl methyl sites for hydroxylation is 1. The van der Waals surface area contributed by atoms with E-state index in [0.717, 1.165) is 29.3 Å². The van der Waals surface area contributed by atoms with Crippen molar-refractivity contribution >= 4 is 34.2 Å². The lowest BCUT2D eigenvalue weighted by Crippen LogP contribution is -2.40. The molecule has 0 radical (unpaired) electrons. The Kier molecular flexibility index (Phi) is 6.06. The van der Waals surface area contributed by atoms with Gasteiger partial charge in [0.05, 0.1) is 23.4 Å². The van der Waals surface area contributed by atoms with Gasteiger partial charge in [0, 0.05) is 24.2 Å². The van der Waals surface area contributed by atoms with E-state index in [1.165, 1.54) is 0 Å². The highest BCUT2D eigenvalue weighted by Crippen LogP contribution is 2.22. The number of hydrogen-bond donors (Lipinski definition) is 2. The molecule has 2 aromatic carbocycles. The maximum absolute atomic E-state index is 13.1. The van der Waals surface area contributed by atoms with Crippen molar-refractivity contribution in [2.24, 2.45) is 0 Å². The fourth-order valence-corrected chi connectivity index (χ4v) is 3.89. The van der Waals surface area contributed by atoms with Crippen LogP contribution >= 0.6 is 11.6 Å². The van der Waals surface area contributed by atoms with Crippen LogP contribution in [0.2, 0.25) is 5.02 Å². The largest absolute Gasteiger partial charge is 0.376 e. The third-order valence-electron chi connectivity index (χ3n) is 5.29. The molecule has 4 rings (SSSR count).